The fourth-order valence-electron chi connectivity index (χ4n) is 1.15. The Bertz CT molecular complexity index is 335. The molecule has 2 rings (SSSR count). The van der Waals surface area contributed by atoms with Gasteiger partial charge in [0, 0.05) is 28.8 Å². The standard InChI is InChI=1S/C9H11N3S2.2ClH/c10-9-12-7(6-14-9)5-13-8-1-3-11-4-2-8;;/h1-4,7H,5-6H2,(H2,10,12);2*1H. The molecule has 0 saturated carbocycles. The molecule has 3 nitrogen and oxygen atoms in total. The molecule has 90 valence electrons. The van der Waals surface area contributed by atoms with Crippen LogP contribution in [0, 0.1) is 0 Å². The summed E-state index contributed by atoms with van der Waals surface area (Å²) in [5.41, 5.74) is 5.59. The topological polar surface area (TPSA) is 51.3 Å². The van der Waals surface area contributed by atoms with Gasteiger partial charge in [0.05, 0.1) is 6.04 Å². The zero-order chi connectivity index (χ0) is 9.80. The van der Waals surface area contributed by atoms with Crippen molar-refractivity contribution >= 4 is 53.5 Å². The SMILES string of the molecule is Cl.Cl.NC1=NC(CSc2ccncc2)CS1. The van der Waals surface area contributed by atoms with Crippen LogP contribution in [0.5, 0.6) is 0 Å². The van der Waals surface area contributed by atoms with Gasteiger partial charge in [-0.25, -0.2) is 0 Å². The molecule has 16 heavy (non-hydrogen) atoms. The van der Waals surface area contributed by atoms with Crippen molar-refractivity contribution < 1.29 is 0 Å². The van der Waals surface area contributed by atoms with Gasteiger partial charge >= 0.3 is 0 Å². The lowest BCUT2D eigenvalue weighted by Gasteiger charge is -2.04. The van der Waals surface area contributed by atoms with Crippen molar-refractivity contribution in [1.29, 1.82) is 0 Å². The Morgan fingerprint density at radius 3 is 2.62 bits per heavy atom. The van der Waals surface area contributed by atoms with Crippen molar-refractivity contribution in [3.63, 3.8) is 0 Å². The Labute approximate surface area is 116 Å². The first-order valence-corrected chi connectivity index (χ1v) is 6.30. The Kier molecular flexibility index (Phi) is 8.01. The third kappa shape index (κ3) is 4.82. The third-order valence-corrected chi connectivity index (χ3v) is 3.94. The van der Waals surface area contributed by atoms with Crippen LogP contribution in [0.4, 0.5) is 0 Å². The summed E-state index contributed by atoms with van der Waals surface area (Å²) in [5, 5.41) is 0.727. The lowest BCUT2D eigenvalue weighted by molar-refractivity contribution is 0.877. The molecule has 0 aliphatic carbocycles. The Balaban J connectivity index is 0.00000112. The summed E-state index contributed by atoms with van der Waals surface area (Å²) < 4.78 is 0. The summed E-state index contributed by atoms with van der Waals surface area (Å²) in [4.78, 5) is 9.54. The number of amidine groups is 1. The highest BCUT2D eigenvalue weighted by Gasteiger charge is 2.15. The number of hydrogen-bond donors (Lipinski definition) is 1. The van der Waals surface area contributed by atoms with Gasteiger partial charge in [0.2, 0.25) is 0 Å². The second-order valence-electron chi connectivity index (χ2n) is 2.93. The molecule has 1 aromatic heterocycles. The van der Waals surface area contributed by atoms with Gasteiger partial charge in [-0.15, -0.1) is 36.6 Å². The van der Waals surface area contributed by atoms with Crippen molar-refractivity contribution in [2.45, 2.75) is 10.9 Å². The molecule has 1 atom stereocenters. The molecular formula is C9H13Cl2N3S2. The fourth-order valence-corrected chi connectivity index (χ4v) is 2.97. The van der Waals surface area contributed by atoms with Crippen LogP contribution in [0.2, 0.25) is 0 Å². The first-order chi connectivity index (χ1) is 6.84. The maximum absolute atomic E-state index is 5.59. The minimum atomic E-state index is 0. The van der Waals surface area contributed by atoms with Crippen molar-refractivity contribution in [3.8, 4) is 0 Å². The molecule has 0 bridgehead atoms. The third-order valence-electron chi connectivity index (χ3n) is 1.83. The number of aliphatic imine (C=N–C) groups is 1. The van der Waals surface area contributed by atoms with Crippen molar-refractivity contribution in [2.75, 3.05) is 11.5 Å². The minimum Gasteiger partial charge on any atom is -0.379 e. The monoisotopic (exact) mass is 297 g/mol. The number of nitrogens with two attached hydrogens (primary N) is 1. The summed E-state index contributed by atoms with van der Waals surface area (Å²) in [7, 11) is 0. The first-order valence-electron chi connectivity index (χ1n) is 4.33. The number of thioether (sulfide) groups is 2. The summed E-state index contributed by atoms with van der Waals surface area (Å²) in [6, 6.07) is 4.40. The van der Waals surface area contributed by atoms with Crippen molar-refractivity contribution in [2.24, 2.45) is 10.7 Å². The number of halogens is 2. The highest BCUT2D eigenvalue weighted by Crippen LogP contribution is 2.23. The van der Waals surface area contributed by atoms with E-state index in [9.17, 15) is 0 Å². The molecule has 0 amide bonds. The highest BCUT2D eigenvalue weighted by atomic mass is 35.5. The molecule has 0 radical (unpaired) electrons. The minimum absolute atomic E-state index is 0. The molecule has 0 spiro atoms. The van der Waals surface area contributed by atoms with Gasteiger partial charge in [-0.05, 0) is 12.1 Å². The van der Waals surface area contributed by atoms with Crippen LogP contribution in [-0.4, -0.2) is 27.7 Å². The lowest BCUT2D eigenvalue weighted by Crippen LogP contribution is -2.07. The van der Waals surface area contributed by atoms with Crippen molar-refractivity contribution in [3.05, 3.63) is 24.5 Å². The van der Waals surface area contributed by atoms with Gasteiger partial charge in [-0.2, -0.15) is 0 Å². The lowest BCUT2D eigenvalue weighted by atomic mass is 10.4. The molecule has 1 aliphatic rings. The van der Waals surface area contributed by atoms with Gasteiger partial charge < -0.3 is 5.73 Å². The number of hydrogen-bond acceptors (Lipinski definition) is 5. The smallest absolute Gasteiger partial charge is 0.154 e. The second kappa shape index (κ2) is 8.06. The average molecular weight is 298 g/mol. The van der Waals surface area contributed by atoms with Gasteiger partial charge in [-0.3, -0.25) is 9.98 Å². The fraction of sp³-hybridized carbons (Fsp3) is 0.333. The Morgan fingerprint density at radius 1 is 1.38 bits per heavy atom. The highest BCUT2D eigenvalue weighted by molar-refractivity contribution is 8.14. The summed E-state index contributed by atoms with van der Waals surface area (Å²) >= 11 is 3.45. The molecule has 1 aliphatic heterocycles. The second-order valence-corrected chi connectivity index (χ2v) is 5.06. The molecule has 1 aromatic rings. The van der Waals surface area contributed by atoms with E-state index in [1.54, 1.807) is 23.5 Å². The van der Waals surface area contributed by atoms with Gasteiger partial charge in [0.15, 0.2) is 5.17 Å². The quantitative estimate of drug-likeness (QED) is 0.871. The van der Waals surface area contributed by atoms with Crippen LogP contribution >= 0.6 is 48.3 Å². The maximum atomic E-state index is 5.59. The van der Waals surface area contributed by atoms with Crippen molar-refractivity contribution in [1.82, 2.24) is 4.98 Å². The molecule has 0 aromatic carbocycles. The van der Waals surface area contributed by atoms with E-state index >= 15 is 0 Å². The Morgan fingerprint density at radius 2 is 2.06 bits per heavy atom. The van der Waals surface area contributed by atoms with Crippen LogP contribution in [0.1, 0.15) is 0 Å². The molecular weight excluding hydrogens is 285 g/mol. The molecule has 1 unspecified atom stereocenters. The molecule has 2 N–H and O–H groups in total. The predicted molar refractivity (Wildman–Crippen MR) is 77.3 cm³/mol. The molecule has 0 saturated heterocycles. The number of nitrogens with zero attached hydrogens (tertiary/aromatic N) is 2. The zero-order valence-electron chi connectivity index (χ0n) is 8.41. The number of aromatic nitrogens is 1. The zero-order valence-corrected chi connectivity index (χ0v) is 11.7. The Hall–Kier alpha value is -0.100. The van der Waals surface area contributed by atoms with Crippen LogP contribution in [0.15, 0.2) is 34.4 Å². The van der Waals surface area contributed by atoms with Gasteiger partial charge in [0.1, 0.15) is 0 Å². The molecule has 2 heterocycles. The van der Waals surface area contributed by atoms with Crippen LogP contribution in [-0.2, 0) is 0 Å². The summed E-state index contributed by atoms with van der Waals surface area (Å²) in [6.07, 6.45) is 3.62. The summed E-state index contributed by atoms with van der Waals surface area (Å²) in [6.45, 7) is 0. The van der Waals surface area contributed by atoms with Gasteiger partial charge in [-0.1, -0.05) is 11.8 Å². The number of pyridine rings is 1. The van der Waals surface area contributed by atoms with Crippen LogP contribution < -0.4 is 5.73 Å². The van der Waals surface area contributed by atoms with E-state index in [1.807, 2.05) is 24.5 Å². The molecule has 7 heteroatoms. The van der Waals surface area contributed by atoms with Gasteiger partial charge in [0.25, 0.3) is 0 Å². The first kappa shape index (κ1) is 15.9. The average Bonchev–Trinajstić information content (AvgIpc) is 2.63. The van der Waals surface area contributed by atoms with Crippen LogP contribution in [0.25, 0.3) is 0 Å². The van der Waals surface area contributed by atoms with Crippen LogP contribution in [0.3, 0.4) is 0 Å². The van der Waals surface area contributed by atoms with E-state index in [2.05, 4.69) is 9.98 Å². The maximum Gasteiger partial charge on any atom is 0.154 e. The van der Waals surface area contributed by atoms with E-state index < -0.39 is 0 Å². The number of rotatable bonds is 3. The van der Waals surface area contributed by atoms with E-state index in [4.69, 9.17) is 5.73 Å². The molecule has 0 fully saturated rings. The van der Waals surface area contributed by atoms with E-state index in [1.165, 1.54) is 4.90 Å². The van der Waals surface area contributed by atoms with E-state index in [0.29, 0.717) is 6.04 Å². The van der Waals surface area contributed by atoms with E-state index in [-0.39, 0.29) is 24.8 Å². The van der Waals surface area contributed by atoms with E-state index in [0.717, 1.165) is 16.7 Å². The largest absolute Gasteiger partial charge is 0.379 e. The summed E-state index contributed by atoms with van der Waals surface area (Å²) in [5.74, 6) is 2.02. The normalized spacial score (nSPS) is 18.2. The predicted octanol–water partition coefficient (Wildman–Crippen LogP) is 2.45.